The van der Waals surface area contributed by atoms with E-state index in [1.54, 1.807) is 19.0 Å². The predicted molar refractivity (Wildman–Crippen MR) is 62.1 cm³/mol. The van der Waals surface area contributed by atoms with Gasteiger partial charge < -0.3 is 15.1 Å². The van der Waals surface area contributed by atoms with Gasteiger partial charge in [-0.1, -0.05) is 0 Å². The van der Waals surface area contributed by atoms with Crippen LogP contribution in [0.3, 0.4) is 0 Å². The summed E-state index contributed by atoms with van der Waals surface area (Å²) in [6, 6.07) is 0.193. The van der Waals surface area contributed by atoms with Gasteiger partial charge in [-0.3, -0.25) is 4.79 Å². The summed E-state index contributed by atoms with van der Waals surface area (Å²) < 4.78 is 0. The van der Waals surface area contributed by atoms with Crippen LogP contribution in [0.15, 0.2) is 0 Å². The Morgan fingerprint density at radius 1 is 1.31 bits per heavy atom. The maximum atomic E-state index is 11.8. The largest absolute Gasteiger partial charge is 0.347 e. The Balaban J connectivity index is 2.39. The van der Waals surface area contributed by atoms with Crippen molar-refractivity contribution in [3.05, 3.63) is 0 Å². The van der Waals surface area contributed by atoms with Crippen molar-refractivity contribution in [2.45, 2.75) is 32.2 Å². The van der Waals surface area contributed by atoms with Gasteiger partial charge in [0, 0.05) is 26.7 Å². The Labute approximate surface area is 96.8 Å². The molecule has 3 amide bonds. The van der Waals surface area contributed by atoms with E-state index in [4.69, 9.17) is 0 Å². The van der Waals surface area contributed by atoms with Gasteiger partial charge in [-0.15, -0.1) is 0 Å². The highest BCUT2D eigenvalue weighted by Crippen LogP contribution is 2.18. The van der Waals surface area contributed by atoms with Gasteiger partial charge in [0.15, 0.2) is 0 Å². The summed E-state index contributed by atoms with van der Waals surface area (Å²) in [4.78, 5) is 26.3. The lowest BCUT2D eigenvalue weighted by Gasteiger charge is -2.30. The number of carbonyl (C=O) groups excluding carboxylic acids is 2. The molecule has 1 fully saturated rings. The van der Waals surface area contributed by atoms with E-state index in [2.05, 4.69) is 5.32 Å². The smallest absolute Gasteiger partial charge is 0.318 e. The van der Waals surface area contributed by atoms with Crippen molar-refractivity contribution < 1.29 is 9.59 Å². The molecule has 5 nitrogen and oxygen atoms in total. The molecule has 1 saturated carbocycles. The molecule has 0 aromatic carbocycles. The minimum atomic E-state index is -0.123. The molecule has 5 heteroatoms. The Hall–Kier alpha value is -1.26. The fourth-order valence-corrected chi connectivity index (χ4v) is 1.45. The Bertz CT molecular complexity index is 262. The van der Waals surface area contributed by atoms with Crippen molar-refractivity contribution in [1.82, 2.24) is 15.1 Å². The Morgan fingerprint density at radius 3 is 2.31 bits per heavy atom. The summed E-state index contributed by atoms with van der Waals surface area (Å²) >= 11 is 0. The van der Waals surface area contributed by atoms with Crippen LogP contribution in [0.4, 0.5) is 4.79 Å². The normalized spacial score (nSPS) is 15.2. The molecule has 1 rings (SSSR count). The molecule has 0 saturated heterocycles. The second-order valence-electron chi connectivity index (χ2n) is 4.38. The lowest BCUT2D eigenvalue weighted by atomic mass is 9.93. The average molecular weight is 227 g/mol. The first kappa shape index (κ1) is 12.8. The third kappa shape index (κ3) is 3.40. The van der Waals surface area contributed by atoms with Gasteiger partial charge in [0.25, 0.3) is 0 Å². The molecular formula is C11H21N3O2. The Kier molecular flexibility index (Phi) is 4.58. The van der Waals surface area contributed by atoms with Crippen LogP contribution >= 0.6 is 0 Å². The SMILES string of the molecule is CCN(CC(=O)N(C)C)C(=O)NC1CCC1. The van der Waals surface area contributed by atoms with E-state index in [-0.39, 0.29) is 18.5 Å². The number of urea groups is 1. The third-order valence-corrected chi connectivity index (χ3v) is 2.93. The zero-order chi connectivity index (χ0) is 12.1. The fourth-order valence-electron chi connectivity index (χ4n) is 1.45. The summed E-state index contributed by atoms with van der Waals surface area (Å²) in [5.41, 5.74) is 0. The number of nitrogens with one attached hydrogen (secondary N) is 1. The molecule has 92 valence electrons. The number of nitrogens with zero attached hydrogens (tertiary/aromatic N) is 2. The molecule has 0 aliphatic heterocycles. The molecule has 0 atom stereocenters. The maximum Gasteiger partial charge on any atom is 0.318 e. The van der Waals surface area contributed by atoms with Gasteiger partial charge in [-0.25, -0.2) is 4.79 Å². The third-order valence-electron chi connectivity index (χ3n) is 2.93. The lowest BCUT2D eigenvalue weighted by molar-refractivity contribution is -0.129. The number of likely N-dealkylation sites (N-methyl/N-ethyl adjacent to an activating group) is 2. The van der Waals surface area contributed by atoms with Crippen molar-refractivity contribution in [1.29, 1.82) is 0 Å². The standard InChI is InChI=1S/C11H21N3O2/c1-4-14(8-10(15)13(2)3)11(16)12-9-6-5-7-9/h9H,4-8H2,1-3H3,(H,12,16). The Morgan fingerprint density at radius 2 is 1.94 bits per heavy atom. The molecule has 0 unspecified atom stereocenters. The van der Waals surface area contributed by atoms with Crippen molar-refractivity contribution >= 4 is 11.9 Å². The summed E-state index contributed by atoms with van der Waals surface area (Å²) in [6.07, 6.45) is 3.31. The summed E-state index contributed by atoms with van der Waals surface area (Å²) in [5.74, 6) is -0.0504. The molecule has 0 aromatic heterocycles. The van der Waals surface area contributed by atoms with E-state index in [0.29, 0.717) is 12.6 Å². The summed E-state index contributed by atoms with van der Waals surface area (Å²) in [6.45, 7) is 2.59. The van der Waals surface area contributed by atoms with Crippen LogP contribution in [0.25, 0.3) is 0 Å². The zero-order valence-corrected chi connectivity index (χ0v) is 10.3. The van der Waals surface area contributed by atoms with Crippen LogP contribution in [0.2, 0.25) is 0 Å². The minimum absolute atomic E-state index is 0.0504. The molecular weight excluding hydrogens is 206 g/mol. The second-order valence-corrected chi connectivity index (χ2v) is 4.38. The molecule has 1 N–H and O–H groups in total. The average Bonchev–Trinajstić information content (AvgIpc) is 2.18. The van der Waals surface area contributed by atoms with E-state index in [9.17, 15) is 9.59 Å². The van der Waals surface area contributed by atoms with E-state index in [1.165, 1.54) is 11.3 Å². The molecule has 0 spiro atoms. The summed E-state index contributed by atoms with van der Waals surface area (Å²) in [7, 11) is 3.39. The highest BCUT2D eigenvalue weighted by molar-refractivity contribution is 5.83. The highest BCUT2D eigenvalue weighted by atomic mass is 16.2. The predicted octanol–water partition coefficient (Wildman–Crippen LogP) is 0.659. The van der Waals surface area contributed by atoms with Crippen LogP contribution in [0, 0.1) is 0 Å². The first-order chi connectivity index (χ1) is 7.54. The maximum absolute atomic E-state index is 11.8. The number of carbonyl (C=O) groups is 2. The van der Waals surface area contributed by atoms with Crippen molar-refractivity contribution in [3.8, 4) is 0 Å². The van der Waals surface area contributed by atoms with Crippen LogP contribution in [0.1, 0.15) is 26.2 Å². The van der Waals surface area contributed by atoms with Crippen LogP contribution < -0.4 is 5.32 Å². The van der Waals surface area contributed by atoms with Gasteiger partial charge in [-0.2, -0.15) is 0 Å². The van der Waals surface area contributed by atoms with Crippen LogP contribution in [0.5, 0.6) is 0 Å². The molecule has 1 aliphatic carbocycles. The number of hydrogen-bond donors (Lipinski definition) is 1. The van der Waals surface area contributed by atoms with Crippen molar-refractivity contribution in [2.24, 2.45) is 0 Å². The first-order valence-corrected chi connectivity index (χ1v) is 5.80. The quantitative estimate of drug-likeness (QED) is 0.767. The number of hydrogen-bond acceptors (Lipinski definition) is 2. The van der Waals surface area contributed by atoms with E-state index in [0.717, 1.165) is 12.8 Å². The summed E-state index contributed by atoms with van der Waals surface area (Å²) in [5, 5.41) is 2.93. The number of rotatable bonds is 4. The molecule has 1 aliphatic rings. The highest BCUT2D eigenvalue weighted by Gasteiger charge is 2.23. The van der Waals surface area contributed by atoms with E-state index < -0.39 is 0 Å². The van der Waals surface area contributed by atoms with Gasteiger partial charge in [0.1, 0.15) is 6.54 Å². The molecule has 0 aromatic rings. The molecule has 16 heavy (non-hydrogen) atoms. The van der Waals surface area contributed by atoms with E-state index in [1.807, 2.05) is 6.92 Å². The first-order valence-electron chi connectivity index (χ1n) is 5.80. The zero-order valence-electron chi connectivity index (χ0n) is 10.3. The van der Waals surface area contributed by atoms with Gasteiger partial charge >= 0.3 is 6.03 Å². The van der Waals surface area contributed by atoms with Crippen molar-refractivity contribution in [2.75, 3.05) is 27.2 Å². The monoisotopic (exact) mass is 227 g/mol. The molecule has 0 radical (unpaired) electrons. The van der Waals surface area contributed by atoms with E-state index >= 15 is 0 Å². The topological polar surface area (TPSA) is 52.7 Å². The van der Waals surface area contributed by atoms with Gasteiger partial charge in [0.05, 0.1) is 0 Å². The van der Waals surface area contributed by atoms with Crippen LogP contribution in [-0.4, -0.2) is 55.0 Å². The van der Waals surface area contributed by atoms with Gasteiger partial charge in [0.2, 0.25) is 5.91 Å². The number of amides is 3. The minimum Gasteiger partial charge on any atom is -0.347 e. The van der Waals surface area contributed by atoms with Gasteiger partial charge in [-0.05, 0) is 26.2 Å². The van der Waals surface area contributed by atoms with Crippen molar-refractivity contribution in [3.63, 3.8) is 0 Å². The second kappa shape index (κ2) is 5.72. The molecule has 0 bridgehead atoms. The van der Waals surface area contributed by atoms with Crippen LogP contribution in [-0.2, 0) is 4.79 Å². The molecule has 0 heterocycles. The fraction of sp³-hybridized carbons (Fsp3) is 0.818. The lowest BCUT2D eigenvalue weighted by Crippen LogP contribution is -2.49.